The third-order valence-electron chi connectivity index (χ3n) is 5.02. The minimum Gasteiger partial charge on any atom is -0.340 e. The van der Waals surface area contributed by atoms with E-state index < -0.39 is 0 Å². The normalized spacial score (nSPS) is 17.0. The Hall–Kier alpha value is -2.88. The minimum absolute atomic E-state index is 0.189. The fourth-order valence-corrected chi connectivity index (χ4v) is 3.23. The second kappa shape index (κ2) is 10.6. The molecule has 1 atom stereocenters. The molecule has 2 N–H and O–H groups in total. The van der Waals surface area contributed by atoms with Crippen LogP contribution >= 0.6 is 0 Å². The van der Waals surface area contributed by atoms with E-state index in [-0.39, 0.29) is 6.04 Å². The first kappa shape index (κ1) is 22.4. The lowest BCUT2D eigenvalue weighted by Gasteiger charge is -2.20. The van der Waals surface area contributed by atoms with E-state index >= 15 is 0 Å². The van der Waals surface area contributed by atoms with Crippen LogP contribution in [0.5, 0.6) is 0 Å². The van der Waals surface area contributed by atoms with Gasteiger partial charge in [-0.15, -0.1) is 6.58 Å². The number of H-pyrrole nitrogens is 1. The molecule has 2 heterocycles. The molecular weight excluding hydrogens is 356 g/mol. The van der Waals surface area contributed by atoms with Crippen LogP contribution in [0.2, 0.25) is 0 Å². The molecule has 0 radical (unpaired) electrons. The highest BCUT2D eigenvalue weighted by atomic mass is 15.2. The van der Waals surface area contributed by atoms with Gasteiger partial charge in [-0.25, -0.2) is 0 Å². The molecule has 1 unspecified atom stereocenters. The monoisotopic (exact) mass is 390 g/mol. The van der Waals surface area contributed by atoms with Crippen LogP contribution in [-0.4, -0.2) is 22.1 Å². The lowest BCUT2D eigenvalue weighted by molar-refractivity contribution is 0.758. The number of fused-ring (bicyclic) bond motifs is 1. The third-order valence-corrected chi connectivity index (χ3v) is 5.02. The van der Waals surface area contributed by atoms with Crippen molar-refractivity contribution < 1.29 is 0 Å². The first-order valence-corrected chi connectivity index (χ1v) is 10.5. The van der Waals surface area contributed by atoms with Crippen LogP contribution in [0, 0.1) is 13.8 Å². The summed E-state index contributed by atoms with van der Waals surface area (Å²) in [5.41, 5.74) is 8.29. The van der Waals surface area contributed by atoms with Crippen LogP contribution in [0.3, 0.4) is 0 Å². The van der Waals surface area contributed by atoms with Crippen LogP contribution in [0.15, 0.2) is 65.3 Å². The number of hydrogen-bond acceptors (Lipinski definition) is 3. The van der Waals surface area contributed by atoms with Gasteiger partial charge in [0.05, 0.1) is 6.04 Å². The fourth-order valence-electron chi connectivity index (χ4n) is 3.23. The Balaban J connectivity index is 0.000000449. The Kier molecular flexibility index (Phi) is 8.20. The molecule has 0 saturated heterocycles. The molecule has 4 rings (SSSR count). The van der Waals surface area contributed by atoms with Crippen molar-refractivity contribution in [1.29, 1.82) is 0 Å². The smallest absolute Gasteiger partial charge is 0.154 e. The Labute approximate surface area is 175 Å². The first-order valence-electron chi connectivity index (χ1n) is 10.5. The van der Waals surface area contributed by atoms with Gasteiger partial charge in [0.2, 0.25) is 0 Å². The van der Waals surface area contributed by atoms with Gasteiger partial charge >= 0.3 is 0 Å². The van der Waals surface area contributed by atoms with Gasteiger partial charge < -0.3 is 5.32 Å². The molecule has 1 aliphatic heterocycles. The SMILES string of the molecule is C=CCC.CC.CC1=C(c2ccccc2)C=C2NC(c3n[nH]c(C)c3C)=NC2C1. The van der Waals surface area contributed by atoms with E-state index in [9.17, 15) is 0 Å². The zero-order valence-electron chi connectivity index (χ0n) is 18.6. The van der Waals surface area contributed by atoms with Gasteiger partial charge in [0.15, 0.2) is 5.84 Å². The first-order chi connectivity index (χ1) is 14.0. The van der Waals surface area contributed by atoms with Crippen LogP contribution in [-0.2, 0) is 0 Å². The van der Waals surface area contributed by atoms with Crippen molar-refractivity contribution >= 4 is 11.4 Å². The molecule has 1 aromatic heterocycles. The highest BCUT2D eigenvalue weighted by Crippen LogP contribution is 2.34. The van der Waals surface area contributed by atoms with Crippen molar-refractivity contribution in [2.75, 3.05) is 0 Å². The van der Waals surface area contributed by atoms with Crippen molar-refractivity contribution in [2.45, 2.75) is 60.4 Å². The summed E-state index contributed by atoms with van der Waals surface area (Å²) in [7, 11) is 0. The minimum atomic E-state index is 0.189. The van der Waals surface area contributed by atoms with E-state index in [0.717, 1.165) is 35.6 Å². The number of aromatic nitrogens is 2. The molecule has 0 spiro atoms. The number of nitrogens with one attached hydrogen (secondary N) is 2. The van der Waals surface area contributed by atoms with Crippen molar-refractivity contribution in [3.63, 3.8) is 0 Å². The van der Waals surface area contributed by atoms with E-state index in [1.807, 2.05) is 26.8 Å². The quantitative estimate of drug-likeness (QED) is 0.621. The van der Waals surface area contributed by atoms with Gasteiger partial charge in [0, 0.05) is 17.0 Å². The van der Waals surface area contributed by atoms with E-state index in [4.69, 9.17) is 4.99 Å². The largest absolute Gasteiger partial charge is 0.340 e. The van der Waals surface area contributed by atoms with Gasteiger partial charge in [-0.05, 0) is 50.8 Å². The fraction of sp³-hybridized carbons (Fsp3) is 0.360. The Morgan fingerprint density at radius 3 is 2.34 bits per heavy atom. The number of nitrogens with zero attached hydrogens (tertiary/aromatic N) is 2. The summed E-state index contributed by atoms with van der Waals surface area (Å²) in [5, 5.41) is 10.9. The second-order valence-corrected chi connectivity index (χ2v) is 7.00. The Morgan fingerprint density at radius 1 is 1.14 bits per heavy atom. The van der Waals surface area contributed by atoms with Gasteiger partial charge in [0.1, 0.15) is 5.69 Å². The number of aromatic amines is 1. The molecule has 0 amide bonds. The van der Waals surface area contributed by atoms with Crippen LogP contribution in [0.4, 0.5) is 0 Å². The summed E-state index contributed by atoms with van der Waals surface area (Å²) >= 11 is 0. The van der Waals surface area contributed by atoms with Gasteiger partial charge in [-0.1, -0.05) is 62.8 Å². The lowest BCUT2D eigenvalue weighted by Crippen LogP contribution is -2.22. The maximum atomic E-state index is 4.85. The highest BCUT2D eigenvalue weighted by molar-refractivity contribution is 6.02. The number of rotatable bonds is 3. The molecule has 0 saturated carbocycles. The number of aliphatic imine (C=N–C) groups is 1. The summed E-state index contributed by atoms with van der Waals surface area (Å²) in [4.78, 5) is 4.85. The molecule has 154 valence electrons. The predicted octanol–water partition coefficient (Wildman–Crippen LogP) is 6.11. The van der Waals surface area contributed by atoms with Crippen LogP contribution in [0.1, 0.15) is 63.1 Å². The van der Waals surface area contributed by atoms with Crippen LogP contribution < -0.4 is 5.32 Å². The molecule has 4 heteroatoms. The van der Waals surface area contributed by atoms with E-state index in [1.54, 1.807) is 0 Å². The molecule has 0 bridgehead atoms. The average Bonchev–Trinajstić information content (AvgIpc) is 3.32. The standard InChI is InChI=1S/C19H20N4.C4H8.C2H6/c1-11-9-16-17(10-15(11)14-7-5-4-6-8-14)21-19(20-16)18-12(2)13(3)22-23-18;1-3-4-2;1-2/h4-8,10,16H,9H2,1-3H3,(H,20,21)(H,22,23);3H,1,4H2,2H3;1-2H3. The molecular formula is C25H34N4. The average molecular weight is 391 g/mol. The van der Waals surface area contributed by atoms with Crippen molar-refractivity contribution in [1.82, 2.24) is 15.5 Å². The molecule has 2 aromatic rings. The highest BCUT2D eigenvalue weighted by Gasteiger charge is 2.29. The zero-order valence-corrected chi connectivity index (χ0v) is 18.6. The van der Waals surface area contributed by atoms with E-state index in [1.165, 1.54) is 22.4 Å². The van der Waals surface area contributed by atoms with Crippen molar-refractivity contribution in [3.8, 4) is 0 Å². The summed E-state index contributed by atoms with van der Waals surface area (Å²) < 4.78 is 0. The third kappa shape index (κ3) is 5.14. The Bertz CT molecular complexity index is 914. The van der Waals surface area contributed by atoms with Crippen molar-refractivity contribution in [2.24, 2.45) is 4.99 Å². The number of hydrogen-bond donors (Lipinski definition) is 2. The maximum absolute atomic E-state index is 4.85. The van der Waals surface area contributed by atoms with Gasteiger partial charge in [-0.3, -0.25) is 10.1 Å². The number of allylic oxidation sites excluding steroid dienone is 3. The number of aryl methyl sites for hydroxylation is 1. The Morgan fingerprint density at radius 2 is 1.79 bits per heavy atom. The molecule has 4 nitrogen and oxygen atoms in total. The second-order valence-electron chi connectivity index (χ2n) is 7.00. The molecule has 2 aliphatic rings. The zero-order chi connectivity index (χ0) is 21.4. The summed E-state index contributed by atoms with van der Waals surface area (Å²) in [6.07, 6.45) is 6.15. The molecule has 1 aliphatic carbocycles. The number of amidine groups is 1. The number of benzene rings is 1. The molecule has 29 heavy (non-hydrogen) atoms. The topological polar surface area (TPSA) is 53.1 Å². The molecule has 0 fully saturated rings. The van der Waals surface area contributed by atoms with Gasteiger partial charge in [-0.2, -0.15) is 5.10 Å². The summed E-state index contributed by atoms with van der Waals surface area (Å²) in [5.74, 6) is 0.880. The van der Waals surface area contributed by atoms with Gasteiger partial charge in [0.25, 0.3) is 0 Å². The van der Waals surface area contributed by atoms with E-state index in [0.29, 0.717) is 0 Å². The predicted molar refractivity (Wildman–Crippen MR) is 125 cm³/mol. The summed E-state index contributed by atoms with van der Waals surface area (Å²) in [6, 6.07) is 10.7. The maximum Gasteiger partial charge on any atom is 0.154 e. The summed E-state index contributed by atoms with van der Waals surface area (Å²) in [6.45, 7) is 15.9. The van der Waals surface area contributed by atoms with Crippen molar-refractivity contribution in [3.05, 3.63) is 82.8 Å². The van der Waals surface area contributed by atoms with Crippen LogP contribution in [0.25, 0.3) is 5.57 Å². The lowest BCUT2D eigenvalue weighted by atomic mass is 9.89. The molecule has 1 aromatic carbocycles. The van der Waals surface area contributed by atoms with E-state index in [2.05, 4.69) is 79.3 Å².